The molecule has 3 heterocycles. The zero-order valence-corrected chi connectivity index (χ0v) is 20.6. The first-order valence-electron chi connectivity index (χ1n) is 13.0. The van der Waals surface area contributed by atoms with Crippen LogP contribution in [0.15, 0.2) is 54.1 Å². The highest BCUT2D eigenvalue weighted by Gasteiger charge is 2.44. The fourth-order valence-corrected chi connectivity index (χ4v) is 5.80. The monoisotopic (exact) mass is 496 g/mol. The van der Waals surface area contributed by atoms with Crippen LogP contribution in [0.3, 0.4) is 0 Å². The van der Waals surface area contributed by atoms with Crippen molar-refractivity contribution in [3.8, 4) is 0 Å². The first-order valence-corrected chi connectivity index (χ1v) is 13.0. The molecule has 3 aliphatic heterocycles. The topological polar surface area (TPSA) is 50.3 Å². The van der Waals surface area contributed by atoms with Gasteiger partial charge in [0, 0.05) is 32.7 Å². The van der Waals surface area contributed by atoms with E-state index in [-0.39, 0.29) is 30.4 Å². The Labute approximate surface area is 211 Å². The molecule has 1 unspecified atom stereocenters. The number of aliphatic hydroxyl groups is 1. The van der Waals surface area contributed by atoms with Crippen LogP contribution in [0.2, 0.25) is 0 Å². The smallest absolute Gasteiger partial charge is 0.335 e. The highest BCUT2D eigenvalue weighted by Crippen LogP contribution is 2.33. The van der Waals surface area contributed by atoms with Gasteiger partial charge in [-0.15, -0.1) is 0 Å². The molecule has 8 heteroatoms. The number of hydrogen-bond donors (Lipinski definition) is 1. The second-order valence-electron chi connectivity index (χ2n) is 9.80. The second-order valence-corrected chi connectivity index (χ2v) is 9.80. The van der Waals surface area contributed by atoms with Crippen molar-refractivity contribution < 1.29 is 18.7 Å². The standard InChI is InChI=1S/C28H34F2N4O2/c29-24-8-4-21(5-9-24)27(22-6-10-25(30)11-7-22)23-12-15-31(16-13-23)17-18-34-28(36)32-14-2-1-3-26(32)33(34)19-20-35/h4-11,26,35H,1-3,12-20H2. The lowest BCUT2D eigenvalue weighted by Gasteiger charge is -2.35. The van der Waals surface area contributed by atoms with Gasteiger partial charge in [0.25, 0.3) is 0 Å². The maximum Gasteiger partial charge on any atom is 0.335 e. The summed E-state index contributed by atoms with van der Waals surface area (Å²) in [7, 11) is 0. The summed E-state index contributed by atoms with van der Waals surface area (Å²) in [5, 5.41) is 13.5. The number of halogens is 2. The molecule has 0 radical (unpaired) electrons. The normalized spacial score (nSPS) is 21.2. The summed E-state index contributed by atoms with van der Waals surface area (Å²) in [6.45, 7) is 4.37. The van der Waals surface area contributed by atoms with Crippen LogP contribution in [0, 0.1) is 11.6 Å². The molecule has 192 valence electrons. The summed E-state index contributed by atoms with van der Waals surface area (Å²) < 4.78 is 27.2. The Hall–Kier alpha value is -2.81. The van der Waals surface area contributed by atoms with E-state index in [2.05, 4.69) is 9.91 Å². The SMILES string of the molecule is O=C1N2CCCCC2N(CCO)N1CCN1CCC(=C(c2ccc(F)cc2)c2ccc(F)cc2)CC1. The van der Waals surface area contributed by atoms with Gasteiger partial charge in [0.2, 0.25) is 0 Å². The van der Waals surface area contributed by atoms with E-state index >= 15 is 0 Å². The van der Waals surface area contributed by atoms with E-state index in [0.717, 1.165) is 75.0 Å². The number of carbonyl (C=O) groups excluding carboxylic acids is 1. The number of fused-ring (bicyclic) bond motifs is 1. The molecule has 1 N–H and O–H groups in total. The van der Waals surface area contributed by atoms with E-state index in [9.17, 15) is 18.7 Å². The van der Waals surface area contributed by atoms with Crippen LogP contribution in [0.4, 0.5) is 13.6 Å². The molecule has 0 bridgehead atoms. The van der Waals surface area contributed by atoms with Crippen molar-refractivity contribution in [2.24, 2.45) is 0 Å². The Balaban J connectivity index is 1.28. The molecule has 3 saturated heterocycles. The van der Waals surface area contributed by atoms with E-state index < -0.39 is 0 Å². The highest BCUT2D eigenvalue weighted by molar-refractivity contribution is 5.82. The van der Waals surface area contributed by atoms with Gasteiger partial charge >= 0.3 is 6.03 Å². The summed E-state index contributed by atoms with van der Waals surface area (Å²) >= 11 is 0. The van der Waals surface area contributed by atoms with Gasteiger partial charge < -0.3 is 14.9 Å². The number of likely N-dealkylation sites (tertiary alicyclic amines) is 1. The first kappa shape index (κ1) is 24.9. The van der Waals surface area contributed by atoms with Crippen molar-refractivity contribution in [1.82, 2.24) is 19.8 Å². The van der Waals surface area contributed by atoms with Crippen molar-refractivity contribution in [2.45, 2.75) is 38.3 Å². The number of amides is 2. The molecule has 2 aromatic rings. The molecule has 3 aliphatic rings. The van der Waals surface area contributed by atoms with Crippen LogP contribution >= 0.6 is 0 Å². The van der Waals surface area contributed by atoms with Crippen LogP contribution in [0.1, 0.15) is 43.2 Å². The van der Waals surface area contributed by atoms with Gasteiger partial charge in [-0.3, -0.25) is 5.01 Å². The van der Waals surface area contributed by atoms with Crippen molar-refractivity contribution >= 4 is 11.6 Å². The predicted molar refractivity (Wildman–Crippen MR) is 135 cm³/mol. The third kappa shape index (κ3) is 5.16. The molecule has 1 atom stereocenters. The lowest BCUT2D eigenvalue weighted by molar-refractivity contribution is -0.0225. The Morgan fingerprint density at radius 3 is 2.03 bits per heavy atom. The van der Waals surface area contributed by atoms with Crippen molar-refractivity contribution in [3.63, 3.8) is 0 Å². The molecule has 2 aromatic carbocycles. The Morgan fingerprint density at radius 1 is 0.833 bits per heavy atom. The number of piperidine rings is 2. The third-order valence-electron chi connectivity index (χ3n) is 7.63. The number of hydrazine groups is 1. The van der Waals surface area contributed by atoms with Crippen LogP contribution < -0.4 is 0 Å². The van der Waals surface area contributed by atoms with Crippen LogP contribution in [0.25, 0.3) is 5.57 Å². The maximum absolute atomic E-state index is 13.6. The molecule has 0 saturated carbocycles. The number of nitrogens with zero attached hydrogens (tertiary/aromatic N) is 4. The fourth-order valence-electron chi connectivity index (χ4n) is 5.80. The van der Waals surface area contributed by atoms with Crippen LogP contribution in [0.5, 0.6) is 0 Å². The Morgan fingerprint density at radius 2 is 1.44 bits per heavy atom. The summed E-state index contributed by atoms with van der Waals surface area (Å²) in [5.41, 5.74) is 4.20. The summed E-state index contributed by atoms with van der Waals surface area (Å²) in [6, 6.07) is 13.1. The number of aliphatic hydroxyl groups excluding tert-OH is 1. The Bertz CT molecular complexity index is 1030. The molecule has 0 aromatic heterocycles. The lowest BCUT2D eigenvalue weighted by Crippen LogP contribution is -2.48. The number of β-amino-alcohol motifs (C(OH)–C–C–N with tert-alkyl or cyclic N) is 1. The van der Waals surface area contributed by atoms with Gasteiger partial charge in [-0.05, 0) is 73.1 Å². The number of benzene rings is 2. The number of hydrogen-bond acceptors (Lipinski definition) is 4. The molecular formula is C28H34F2N4O2. The molecule has 2 amide bonds. The van der Waals surface area contributed by atoms with Gasteiger partial charge in [-0.1, -0.05) is 29.8 Å². The summed E-state index contributed by atoms with van der Waals surface area (Å²) in [6.07, 6.45) is 4.88. The van der Waals surface area contributed by atoms with Gasteiger partial charge in [-0.2, -0.15) is 5.01 Å². The van der Waals surface area contributed by atoms with Crippen LogP contribution in [-0.4, -0.2) is 83.0 Å². The van der Waals surface area contributed by atoms with E-state index in [1.54, 1.807) is 24.3 Å². The van der Waals surface area contributed by atoms with E-state index in [4.69, 9.17) is 0 Å². The number of rotatable bonds is 7. The minimum absolute atomic E-state index is 0.0293. The van der Waals surface area contributed by atoms with Crippen molar-refractivity contribution in [2.75, 3.05) is 45.9 Å². The zero-order chi connectivity index (χ0) is 25.1. The van der Waals surface area contributed by atoms with Gasteiger partial charge in [0.15, 0.2) is 0 Å². The lowest BCUT2D eigenvalue weighted by atomic mass is 9.88. The van der Waals surface area contributed by atoms with Crippen molar-refractivity contribution in [1.29, 1.82) is 0 Å². The molecule has 0 aliphatic carbocycles. The van der Waals surface area contributed by atoms with Crippen LogP contribution in [-0.2, 0) is 0 Å². The van der Waals surface area contributed by atoms with Gasteiger partial charge in [0.05, 0.1) is 13.2 Å². The molecule has 3 fully saturated rings. The predicted octanol–water partition coefficient (Wildman–Crippen LogP) is 4.32. The minimum Gasteiger partial charge on any atom is -0.395 e. The minimum atomic E-state index is -0.278. The largest absolute Gasteiger partial charge is 0.395 e. The Kier molecular flexibility index (Phi) is 7.65. The number of carbonyl (C=O) groups is 1. The highest BCUT2D eigenvalue weighted by atomic mass is 19.1. The zero-order valence-electron chi connectivity index (χ0n) is 20.6. The van der Waals surface area contributed by atoms with Crippen molar-refractivity contribution in [3.05, 3.63) is 76.9 Å². The number of urea groups is 1. The first-order chi connectivity index (χ1) is 17.5. The molecular weight excluding hydrogens is 462 g/mol. The average Bonchev–Trinajstić information content (AvgIpc) is 3.17. The maximum atomic E-state index is 13.6. The van der Waals surface area contributed by atoms with E-state index in [0.29, 0.717) is 13.1 Å². The third-order valence-corrected chi connectivity index (χ3v) is 7.63. The molecule has 0 spiro atoms. The summed E-state index contributed by atoms with van der Waals surface area (Å²) in [4.78, 5) is 17.4. The molecule has 6 nitrogen and oxygen atoms in total. The molecule has 36 heavy (non-hydrogen) atoms. The van der Waals surface area contributed by atoms with Gasteiger partial charge in [-0.25, -0.2) is 13.6 Å². The van der Waals surface area contributed by atoms with E-state index in [1.807, 2.05) is 9.91 Å². The fraction of sp³-hybridized carbons (Fsp3) is 0.464. The van der Waals surface area contributed by atoms with Gasteiger partial charge in [0.1, 0.15) is 17.8 Å². The molecule has 5 rings (SSSR count). The quantitative estimate of drug-likeness (QED) is 0.621. The summed E-state index contributed by atoms with van der Waals surface area (Å²) in [5.74, 6) is -0.556. The average molecular weight is 497 g/mol. The van der Waals surface area contributed by atoms with E-state index in [1.165, 1.54) is 29.8 Å². The second kappa shape index (κ2) is 11.1.